The van der Waals surface area contributed by atoms with E-state index >= 15 is 0 Å². The van der Waals surface area contributed by atoms with Crippen LogP contribution >= 0.6 is 0 Å². The summed E-state index contributed by atoms with van der Waals surface area (Å²) in [6.45, 7) is 0. The highest BCUT2D eigenvalue weighted by molar-refractivity contribution is 6.08. The minimum atomic E-state index is -1.06. The van der Waals surface area contributed by atoms with E-state index in [-0.39, 0.29) is 5.56 Å². The number of carbonyl (C=O) groups is 1. The van der Waals surface area contributed by atoms with E-state index < -0.39 is 27.0 Å². The third kappa shape index (κ3) is 2.16. The maximum Gasteiger partial charge on any atom is 0.277 e. The number of nitro groups is 2. The molecule has 0 aliphatic carbocycles. The number of benzene rings is 1. The van der Waals surface area contributed by atoms with Crippen LogP contribution in [0.2, 0.25) is 0 Å². The second-order valence-corrected chi connectivity index (χ2v) is 2.69. The summed E-state index contributed by atoms with van der Waals surface area (Å²) in [6.07, 6.45) is 0. The molecule has 0 spiro atoms. The quantitative estimate of drug-likeness (QED) is 0.326. The molecular formula is C8H3N3O5. The van der Waals surface area contributed by atoms with E-state index in [1.807, 2.05) is 0 Å². The lowest BCUT2D eigenvalue weighted by Gasteiger charge is -1.96. The molecule has 1 aromatic carbocycles. The third-order valence-electron chi connectivity index (χ3n) is 1.69. The van der Waals surface area contributed by atoms with Crippen molar-refractivity contribution in [2.45, 2.75) is 0 Å². The number of hydrogen-bond donors (Lipinski definition) is 0. The van der Waals surface area contributed by atoms with E-state index in [9.17, 15) is 25.0 Å². The molecule has 0 unspecified atom stereocenters. The van der Waals surface area contributed by atoms with Crippen LogP contribution in [0.25, 0.3) is 0 Å². The Balaban J connectivity index is 3.42. The normalized spacial score (nSPS) is 9.19. The van der Waals surface area contributed by atoms with Crippen LogP contribution in [0, 0.1) is 31.6 Å². The summed E-state index contributed by atoms with van der Waals surface area (Å²) in [5.74, 6) is -1.06. The molecule has 0 fully saturated rings. The molecule has 0 amide bonds. The molecule has 8 heteroatoms. The fourth-order valence-corrected chi connectivity index (χ4v) is 1.00. The molecule has 80 valence electrons. The average molecular weight is 221 g/mol. The second kappa shape index (κ2) is 4.14. The number of hydrogen-bond acceptors (Lipinski definition) is 6. The van der Waals surface area contributed by atoms with Crippen molar-refractivity contribution in [2.75, 3.05) is 0 Å². The Morgan fingerprint density at radius 3 is 1.88 bits per heavy atom. The number of nitriles is 1. The molecule has 8 nitrogen and oxygen atoms in total. The monoisotopic (exact) mass is 221 g/mol. The van der Waals surface area contributed by atoms with Gasteiger partial charge in [0.25, 0.3) is 17.2 Å². The molecule has 0 N–H and O–H groups in total. The highest BCUT2D eigenvalue weighted by atomic mass is 16.6. The Labute approximate surface area is 88.0 Å². The zero-order valence-electron chi connectivity index (χ0n) is 7.61. The lowest BCUT2D eigenvalue weighted by Crippen LogP contribution is -1.99. The van der Waals surface area contributed by atoms with Gasteiger partial charge in [0.15, 0.2) is 0 Å². The van der Waals surface area contributed by atoms with Gasteiger partial charge in [-0.2, -0.15) is 5.26 Å². The Morgan fingerprint density at radius 2 is 1.56 bits per heavy atom. The van der Waals surface area contributed by atoms with Gasteiger partial charge in [-0.3, -0.25) is 25.0 Å². The highest BCUT2D eigenvalue weighted by Crippen LogP contribution is 2.22. The van der Waals surface area contributed by atoms with Gasteiger partial charge in [-0.1, -0.05) is 0 Å². The van der Waals surface area contributed by atoms with Gasteiger partial charge in [-0.05, 0) is 0 Å². The number of Topliss-reactive ketones (excluding diaryl/α,β-unsaturated/α-hetero) is 1. The first kappa shape index (κ1) is 11.3. The molecule has 0 saturated heterocycles. The van der Waals surface area contributed by atoms with Crippen molar-refractivity contribution in [1.82, 2.24) is 0 Å². The molecular weight excluding hydrogens is 218 g/mol. The van der Waals surface area contributed by atoms with Crippen LogP contribution in [0.1, 0.15) is 10.4 Å². The van der Waals surface area contributed by atoms with Crippen LogP contribution in [0.15, 0.2) is 18.2 Å². The van der Waals surface area contributed by atoms with E-state index in [0.29, 0.717) is 6.07 Å². The fourth-order valence-electron chi connectivity index (χ4n) is 1.00. The topological polar surface area (TPSA) is 127 Å². The average Bonchev–Trinajstić information content (AvgIpc) is 2.27. The lowest BCUT2D eigenvalue weighted by molar-refractivity contribution is -0.394. The number of carbonyl (C=O) groups excluding carboxylic acids is 1. The number of ketones is 1. The van der Waals surface area contributed by atoms with E-state index in [1.165, 1.54) is 6.07 Å². The van der Waals surface area contributed by atoms with Crippen molar-refractivity contribution in [1.29, 1.82) is 5.26 Å². The van der Waals surface area contributed by atoms with E-state index in [4.69, 9.17) is 5.26 Å². The van der Waals surface area contributed by atoms with Crippen molar-refractivity contribution >= 4 is 17.2 Å². The van der Waals surface area contributed by atoms with Crippen LogP contribution < -0.4 is 0 Å². The van der Waals surface area contributed by atoms with Gasteiger partial charge in [0.1, 0.15) is 6.07 Å². The van der Waals surface area contributed by atoms with Crippen LogP contribution in [0.4, 0.5) is 11.4 Å². The molecule has 1 rings (SSSR count). The van der Waals surface area contributed by atoms with Crippen molar-refractivity contribution in [3.8, 4) is 6.07 Å². The largest absolute Gasteiger partial charge is 0.277 e. The first-order valence-corrected chi connectivity index (χ1v) is 3.84. The number of non-ortho nitro benzene ring substituents is 2. The second-order valence-electron chi connectivity index (χ2n) is 2.69. The summed E-state index contributed by atoms with van der Waals surface area (Å²) in [5.41, 5.74) is -1.58. The summed E-state index contributed by atoms with van der Waals surface area (Å²) in [7, 11) is 0. The molecule has 0 aliphatic heterocycles. The van der Waals surface area contributed by atoms with Crippen LogP contribution in [0.3, 0.4) is 0 Å². The van der Waals surface area contributed by atoms with E-state index in [0.717, 1.165) is 12.1 Å². The number of nitrogens with zero attached hydrogens (tertiary/aromatic N) is 3. The predicted octanol–water partition coefficient (Wildman–Crippen LogP) is 1.21. The first-order valence-electron chi connectivity index (χ1n) is 3.84. The summed E-state index contributed by atoms with van der Waals surface area (Å²) in [6, 6.07) is 3.58. The number of rotatable bonds is 3. The maximum atomic E-state index is 11.0. The van der Waals surface area contributed by atoms with Gasteiger partial charge in [0.05, 0.1) is 15.9 Å². The van der Waals surface area contributed by atoms with Crippen LogP contribution in [-0.4, -0.2) is 15.6 Å². The zero-order chi connectivity index (χ0) is 12.3. The molecule has 0 radical (unpaired) electrons. The van der Waals surface area contributed by atoms with Crippen LogP contribution in [0.5, 0.6) is 0 Å². The Kier molecular flexibility index (Phi) is 2.91. The van der Waals surface area contributed by atoms with Gasteiger partial charge in [-0.25, -0.2) is 0 Å². The van der Waals surface area contributed by atoms with Gasteiger partial charge >= 0.3 is 0 Å². The SMILES string of the molecule is N#CC(=O)c1cc([N+](=O)[O-])cc([N+](=O)[O-])c1. The van der Waals surface area contributed by atoms with Crippen LogP contribution in [-0.2, 0) is 0 Å². The Bertz CT molecular complexity index is 499. The maximum absolute atomic E-state index is 11.0. The molecule has 0 heterocycles. The minimum absolute atomic E-state index is 0.372. The third-order valence-corrected chi connectivity index (χ3v) is 1.69. The van der Waals surface area contributed by atoms with Gasteiger partial charge in [0, 0.05) is 17.7 Å². The summed E-state index contributed by atoms with van der Waals surface area (Å²) >= 11 is 0. The van der Waals surface area contributed by atoms with Gasteiger partial charge in [-0.15, -0.1) is 0 Å². The summed E-state index contributed by atoms with van der Waals surface area (Å²) < 4.78 is 0. The summed E-state index contributed by atoms with van der Waals surface area (Å²) in [5, 5.41) is 29.2. The molecule has 0 bridgehead atoms. The van der Waals surface area contributed by atoms with E-state index in [2.05, 4.69) is 0 Å². The standard InChI is InChI=1S/C8H3N3O5/c9-4-8(12)5-1-6(10(13)14)3-7(2-5)11(15)16/h1-3H. The number of nitro benzene ring substituents is 2. The summed E-state index contributed by atoms with van der Waals surface area (Å²) in [4.78, 5) is 30.1. The van der Waals surface area contributed by atoms with Crippen molar-refractivity contribution < 1.29 is 14.6 Å². The molecule has 0 aromatic heterocycles. The van der Waals surface area contributed by atoms with Gasteiger partial charge in [0.2, 0.25) is 0 Å². The fraction of sp³-hybridized carbons (Fsp3) is 0. The lowest BCUT2D eigenvalue weighted by atomic mass is 10.1. The molecule has 0 aliphatic rings. The molecule has 16 heavy (non-hydrogen) atoms. The highest BCUT2D eigenvalue weighted by Gasteiger charge is 2.19. The van der Waals surface area contributed by atoms with Crippen molar-refractivity contribution in [2.24, 2.45) is 0 Å². The predicted molar refractivity (Wildman–Crippen MR) is 49.7 cm³/mol. The van der Waals surface area contributed by atoms with Gasteiger partial charge < -0.3 is 0 Å². The van der Waals surface area contributed by atoms with E-state index in [1.54, 1.807) is 0 Å². The van der Waals surface area contributed by atoms with Crippen molar-refractivity contribution in [3.05, 3.63) is 44.0 Å². The molecule has 0 saturated carbocycles. The zero-order valence-corrected chi connectivity index (χ0v) is 7.61. The molecule has 0 atom stereocenters. The smallest absolute Gasteiger partial charge is 0.277 e. The minimum Gasteiger partial charge on any atom is -0.277 e. The molecule has 1 aromatic rings. The first-order chi connectivity index (χ1) is 7.45. The van der Waals surface area contributed by atoms with Crippen molar-refractivity contribution in [3.63, 3.8) is 0 Å². The Hall–Kier alpha value is -2.82. The Morgan fingerprint density at radius 1 is 1.12 bits per heavy atom.